The molecule has 2 aliphatic heterocycles. The molecule has 5 rings (SSSR count). The van der Waals surface area contributed by atoms with Crippen LogP contribution < -0.4 is 9.47 Å². The van der Waals surface area contributed by atoms with E-state index in [2.05, 4.69) is 18.0 Å². The van der Waals surface area contributed by atoms with Crippen LogP contribution in [0, 0.1) is 0 Å². The molecule has 0 radical (unpaired) electrons. The number of hydrogen-bond donors (Lipinski definition) is 1. The monoisotopic (exact) mass is 351 g/mol. The van der Waals surface area contributed by atoms with Gasteiger partial charge in [0.1, 0.15) is 0 Å². The predicted octanol–water partition coefficient (Wildman–Crippen LogP) is 1.47. The van der Waals surface area contributed by atoms with Gasteiger partial charge < -0.3 is 19.5 Å². The number of piperidine rings is 1. The molecule has 2 aliphatic carbocycles. The quantitative estimate of drug-likeness (QED) is 0.830. The predicted molar refractivity (Wildman–Crippen MR) is 90.3 cm³/mol. The van der Waals surface area contributed by atoms with E-state index in [1.54, 1.807) is 7.11 Å². The zero-order valence-electron chi connectivity index (χ0n) is 13.9. The number of nitrogens with zero attached hydrogens (tertiary/aromatic N) is 1. The Kier molecular flexibility index (Phi) is 3.28. The Labute approximate surface area is 147 Å². The molecule has 2 bridgehead atoms. The van der Waals surface area contributed by atoms with Crippen LogP contribution in [0.2, 0.25) is 0 Å². The first-order valence-corrected chi connectivity index (χ1v) is 8.35. The molecule has 0 aromatic heterocycles. The zero-order valence-corrected chi connectivity index (χ0v) is 14.7. The summed E-state index contributed by atoms with van der Waals surface area (Å²) >= 11 is 0. The van der Waals surface area contributed by atoms with E-state index in [1.807, 2.05) is 6.07 Å². The zero-order chi connectivity index (χ0) is 16.0. The second kappa shape index (κ2) is 4.87. The Morgan fingerprint density at radius 3 is 2.92 bits per heavy atom. The van der Waals surface area contributed by atoms with Gasteiger partial charge in [0, 0.05) is 18.0 Å². The first kappa shape index (κ1) is 16.2. The van der Waals surface area contributed by atoms with E-state index in [0.29, 0.717) is 24.3 Å². The van der Waals surface area contributed by atoms with Gasteiger partial charge >= 0.3 is 0 Å². The molecule has 130 valence electrons. The van der Waals surface area contributed by atoms with Crippen LogP contribution >= 0.6 is 12.4 Å². The van der Waals surface area contributed by atoms with Gasteiger partial charge in [-0.3, -0.25) is 4.79 Å². The minimum Gasteiger partial charge on any atom is -0.493 e. The summed E-state index contributed by atoms with van der Waals surface area (Å²) in [6.45, 7) is 0.871. The van der Waals surface area contributed by atoms with Gasteiger partial charge in [-0.1, -0.05) is 6.07 Å². The third-order valence-corrected chi connectivity index (χ3v) is 6.73. The van der Waals surface area contributed by atoms with Gasteiger partial charge in [-0.05, 0) is 44.5 Å². The van der Waals surface area contributed by atoms with E-state index >= 15 is 0 Å². The van der Waals surface area contributed by atoms with Crippen molar-refractivity contribution in [1.29, 1.82) is 0 Å². The highest BCUT2D eigenvalue weighted by Crippen LogP contribution is 2.64. The minimum atomic E-state index is -0.900. The summed E-state index contributed by atoms with van der Waals surface area (Å²) in [6.07, 6.45) is 1.89. The van der Waals surface area contributed by atoms with Gasteiger partial charge in [-0.25, -0.2) is 0 Å². The molecule has 1 saturated carbocycles. The number of hydrogen-bond acceptors (Lipinski definition) is 5. The number of rotatable bonds is 1. The number of Topliss-reactive ketones (excluding diaryl/α,β-unsaturated/α-hetero) is 1. The summed E-state index contributed by atoms with van der Waals surface area (Å²) < 4.78 is 11.6. The van der Waals surface area contributed by atoms with Gasteiger partial charge in [0.15, 0.2) is 23.4 Å². The molecular weight excluding hydrogens is 330 g/mol. The van der Waals surface area contributed by atoms with E-state index in [9.17, 15) is 9.90 Å². The number of carbonyl (C=O) groups excluding carboxylic acids is 1. The van der Waals surface area contributed by atoms with Crippen molar-refractivity contribution in [1.82, 2.24) is 4.90 Å². The number of benzene rings is 1. The van der Waals surface area contributed by atoms with Crippen LogP contribution in [0.1, 0.15) is 30.4 Å². The maximum absolute atomic E-state index is 12.7. The van der Waals surface area contributed by atoms with E-state index in [0.717, 1.165) is 24.9 Å². The second-order valence-corrected chi connectivity index (χ2v) is 7.44. The van der Waals surface area contributed by atoms with Crippen molar-refractivity contribution in [2.75, 3.05) is 20.7 Å². The third kappa shape index (κ3) is 1.52. The van der Waals surface area contributed by atoms with Crippen LogP contribution in [0.15, 0.2) is 12.1 Å². The van der Waals surface area contributed by atoms with Crippen molar-refractivity contribution in [3.63, 3.8) is 0 Å². The molecule has 1 N–H and O–H groups in total. The Morgan fingerprint density at radius 2 is 2.17 bits per heavy atom. The fraction of sp³-hybridized carbons (Fsp3) is 0.611. The lowest BCUT2D eigenvalue weighted by Crippen LogP contribution is -2.76. The van der Waals surface area contributed by atoms with Gasteiger partial charge in [0.2, 0.25) is 0 Å². The standard InChI is InChI=1S/C18H21NO4.ClH/c1-19-8-7-17-14-10-3-4-12(22-2)15(14)23-16(17)11(20)5-6-18(17,21)13(19)9-10;/h3-4,13,16,21H,5-9H2,1-2H3;1H/t13-,16-,17-,18+;/m0./s1. The summed E-state index contributed by atoms with van der Waals surface area (Å²) in [5.41, 5.74) is 0.737. The van der Waals surface area contributed by atoms with Gasteiger partial charge in [-0.2, -0.15) is 0 Å². The average Bonchev–Trinajstić information content (AvgIpc) is 2.90. The van der Waals surface area contributed by atoms with Crippen molar-refractivity contribution in [2.24, 2.45) is 0 Å². The molecule has 1 aromatic rings. The number of ketones is 1. The van der Waals surface area contributed by atoms with E-state index in [1.165, 1.54) is 5.56 Å². The lowest BCUT2D eigenvalue weighted by molar-refractivity contribution is -0.185. The summed E-state index contributed by atoms with van der Waals surface area (Å²) in [5, 5.41) is 11.7. The third-order valence-electron chi connectivity index (χ3n) is 6.73. The number of methoxy groups -OCH3 is 1. The van der Waals surface area contributed by atoms with Crippen molar-refractivity contribution in [2.45, 2.75) is 48.8 Å². The molecule has 2 fully saturated rings. The van der Waals surface area contributed by atoms with Crippen LogP contribution in [-0.2, 0) is 16.6 Å². The fourth-order valence-corrected chi connectivity index (χ4v) is 5.69. The number of likely N-dealkylation sites (tertiary alicyclic amines) is 1. The number of likely N-dealkylation sites (N-methyl/N-ethyl adjacent to an activating group) is 1. The van der Waals surface area contributed by atoms with Crippen LogP contribution in [0.25, 0.3) is 0 Å². The molecule has 0 amide bonds. The number of ether oxygens (including phenoxy) is 2. The summed E-state index contributed by atoms with van der Waals surface area (Å²) in [6, 6.07) is 4.05. The topological polar surface area (TPSA) is 59.0 Å². The highest BCUT2D eigenvalue weighted by atomic mass is 35.5. The smallest absolute Gasteiger partial charge is 0.174 e. The maximum atomic E-state index is 12.7. The molecule has 1 spiro atoms. The molecule has 2 heterocycles. The van der Waals surface area contributed by atoms with Crippen LogP contribution in [0.5, 0.6) is 11.5 Å². The fourth-order valence-electron chi connectivity index (χ4n) is 5.69. The molecule has 4 atom stereocenters. The molecule has 24 heavy (non-hydrogen) atoms. The normalized spacial score (nSPS) is 38.9. The SMILES string of the molecule is COc1ccc2c3c1O[C@H]1C(=O)CC[C@@]4(O)[C@H](C2)N(C)CC[C@]314.Cl. The first-order valence-electron chi connectivity index (χ1n) is 8.35. The second-order valence-electron chi connectivity index (χ2n) is 7.44. The van der Waals surface area contributed by atoms with Crippen LogP contribution in [0.3, 0.4) is 0 Å². The van der Waals surface area contributed by atoms with Crippen molar-refractivity contribution < 1.29 is 19.4 Å². The Balaban J connectivity index is 0.00000146. The Morgan fingerprint density at radius 1 is 1.38 bits per heavy atom. The van der Waals surface area contributed by atoms with Gasteiger partial charge in [0.05, 0.1) is 18.1 Å². The highest BCUT2D eigenvalue weighted by molar-refractivity contribution is 5.90. The minimum absolute atomic E-state index is 0. The molecule has 0 unspecified atom stereocenters. The molecule has 6 heteroatoms. The summed E-state index contributed by atoms with van der Waals surface area (Å²) in [4.78, 5) is 14.9. The van der Waals surface area contributed by atoms with Gasteiger partial charge in [0.25, 0.3) is 0 Å². The van der Waals surface area contributed by atoms with Crippen LogP contribution in [-0.4, -0.2) is 54.2 Å². The largest absolute Gasteiger partial charge is 0.493 e. The average molecular weight is 352 g/mol. The van der Waals surface area contributed by atoms with E-state index < -0.39 is 17.1 Å². The Hall–Kier alpha value is -1.30. The molecule has 5 nitrogen and oxygen atoms in total. The molecule has 1 saturated heterocycles. The molecule has 1 aromatic carbocycles. The van der Waals surface area contributed by atoms with E-state index in [4.69, 9.17) is 9.47 Å². The number of carbonyl (C=O) groups is 1. The first-order chi connectivity index (χ1) is 11.0. The Bertz CT molecular complexity index is 738. The van der Waals surface area contributed by atoms with Crippen molar-refractivity contribution in [3.05, 3.63) is 23.3 Å². The van der Waals surface area contributed by atoms with Crippen molar-refractivity contribution in [3.8, 4) is 11.5 Å². The molecular formula is C18H22ClNO4. The van der Waals surface area contributed by atoms with E-state index in [-0.39, 0.29) is 24.2 Å². The number of halogens is 1. The van der Waals surface area contributed by atoms with Crippen LogP contribution in [0.4, 0.5) is 0 Å². The summed E-state index contributed by atoms with van der Waals surface area (Å²) in [7, 11) is 3.70. The lowest BCUT2D eigenvalue weighted by atomic mass is 9.49. The summed E-state index contributed by atoms with van der Waals surface area (Å²) in [5.74, 6) is 1.47. The maximum Gasteiger partial charge on any atom is 0.174 e. The lowest BCUT2D eigenvalue weighted by Gasteiger charge is -2.62. The molecule has 4 aliphatic rings. The highest BCUT2D eigenvalue weighted by Gasteiger charge is 2.72. The van der Waals surface area contributed by atoms with Crippen molar-refractivity contribution >= 4 is 18.2 Å². The van der Waals surface area contributed by atoms with Gasteiger partial charge in [-0.15, -0.1) is 12.4 Å². The number of aliphatic hydroxyl groups is 1.